The summed E-state index contributed by atoms with van der Waals surface area (Å²) in [5.74, 6) is 0. The summed E-state index contributed by atoms with van der Waals surface area (Å²) in [5, 5.41) is 8.84. The van der Waals surface area contributed by atoms with Crippen molar-refractivity contribution in [2.45, 2.75) is 18.1 Å². The number of aromatic nitrogens is 1. The largest absolute Gasteiger partial charge is 0.315 e. The Bertz CT molecular complexity index is 857. The van der Waals surface area contributed by atoms with Crippen LogP contribution in [-0.4, -0.2) is 13.4 Å². The third-order valence-electron chi connectivity index (χ3n) is 2.64. The molecule has 104 valence electrons. The van der Waals surface area contributed by atoms with Gasteiger partial charge in [-0.1, -0.05) is 17.4 Å². The molecule has 0 aliphatic heterocycles. The van der Waals surface area contributed by atoms with Crippen LogP contribution in [-0.2, 0) is 10.0 Å². The fourth-order valence-electron chi connectivity index (χ4n) is 1.64. The van der Waals surface area contributed by atoms with E-state index in [4.69, 9.17) is 5.26 Å². The van der Waals surface area contributed by atoms with Crippen molar-refractivity contribution in [1.29, 1.82) is 5.26 Å². The number of nitrogens with one attached hydrogen (secondary N) is 2. The lowest BCUT2D eigenvalue weighted by Gasteiger charge is -2.09. The number of rotatable bonds is 3. The van der Waals surface area contributed by atoms with Gasteiger partial charge in [0.15, 0.2) is 4.21 Å². The van der Waals surface area contributed by atoms with Gasteiger partial charge >= 0.3 is 4.87 Å². The number of benzene rings is 1. The molecule has 0 saturated heterocycles. The lowest BCUT2D eigenvalue weighted by atomic mass is 10.1. The van der Waals surface area contributed by atoms with Gasteiger partial charge in [0.2, 0.25) is 0 Å². The van der Waals surface area contributed by atoms with Crippen LogP contribution in [0.25, 0.3) is 0 Å². The number of nitriles is 1. The van der Waals surface area contributed by atoms with E-state index in [-0.39, 0.29) is 4.21 Å². The second kappa shape index (κ2) is 5.11. The molecule has 8 heteroatoms. The highest BCUT2D eigenvalue weighted by Gasteiger charge is 2.21. The van der Waals surface area contributed by atoms with Gasteiger partial charge in [-0.3, -0.25) is 9.52 Å². The number of aryl methyl sites for hydroxylation is 2. The first kappa shape index (κ1) is 14.3. The number of nitrogens with zero attached hydrogens (tertiary/aromatic N) is 1. The first-order valence-corrected chi connectivity index (χ1v) is 7.87. The molecule has 0 fully saturated rings. The molecule has 1 aromatic heterocycles. The highest BCUT2D eigenvalue weighted by Crippen LogP contribution is 2.23. The minimum Gasteiger partial charge on any atom is -0.315 e. The normalized spacial score (nSPS) is 11.1. The Morgan fingerprint density at radius 1 is 1.35 bits per heavy atom. The lowest BCUT2D eigenvalue weighted by Crippen LogP contribution is -2.13. The van der Waals surface area contributed by atoms with E-state index in [1.807, 2.05) is 6.07 Å². The first-order valence-electron chi connectivity index (χ1n) is 5.57. The Labute approximate surface area is 119 Å². The molecule has 2 rings (SSSR count). The summed E-state index contributed by atoms with van der Waals surface area (Å²) in [6.45, 7) is 3.25. The van der Waals surface area contributed by atoms with Crippen LogP contribution in [0.1, 0.15) is 16.8 Å². The third-order valence-corrected chi connectivity index (χ3v) is 5.61. The Hall–Kier alpha value is -2.11. The van der Waals surface area contributed by atoms with E-state index in [9.17, 15) is 13.2 Å². The minimum atomic E-state index is -3.84. The molecule has 0 aliphatic carbocycles. The van der Waals surface area contributed by atoms with Crippen LogP contribution >= 0.6 is 11.3 Å². The molecule has 6 nitrogen and oxygen atoms in total. The van der Waals surface area contributed by atoms with Crippen LogP contribution in [0.2, 0.25) is 0 Å². The fourth-order valence-corrected chi connectivity index (χ4v) is 4.06. The van der Waals surface area contributed by atoms with Crippen molar-refractivity contribution in [3.8, 4) is 6.07 Å². The van der Waals surface area contributed by atoms with Gasteiger partial charge < -0.3 is 4.98 Å². The number of H-pyrrole nitrogens is 1. The maximum absolute atomic E-state index is 12.2. The second-order valence-electron chi connectivity index (χ2n) is 4.17. The molecule has 1 heterocycles. The summed E-state index contributed by atoms with van der Waals surface area (Å²) >= 11 is 0.630. The van der Waals surface area contributed by atoms with Gasteiger partial charge in [0.25, 0.3) is 10.0 Å². The molecule has 1 aromatic carbocycles. The average molecular weight is 309 g/mol. The summed E-state index contributed by atoms with van der Waals surface area (Å²) in [4.78, 5) is 13.2. The van der Waals surface area contributed by atoms with Crippen molar-refractivity contribution in [1.82, 2.24) is 4.98 Å². The maximum Gasteiger partial charge on any atom is 0.306 e. The number of anilines is 1. The highest BCUT2D eigenvalue weighted by molar-refractivity contribution is 7.94. The quantitative estimate of drug-likeness (QED) is 0.901. The van der Waals surface area contributed by atoms with Crippen molar-refractivity contribution >= 4 is 27.0 Å². The van der Waals surface area contributed by atoms with Crippen molar-refractivity contribution < 1.29 is 8.42 Å². The minimum absolute atomic E-state index is 0.0516. The van der Waals surface area contributed by atoms with E-state index in [1.165, 1.54) is 13.0 Å². The number of hydrogen-bond donors (Lipinski definition) is 2. The van der Waals surface area contributed by atoms with Gasteiger partial charge in [0.05, 0.1) is 17.3 Å². The van der Waals surface area contributed by atoms with Crippen LogP contribution in [0.3, 0.4) is 0 Å². The summed E-state index contributed by atoms with van der Waals surface area (Å²) in [7, 11) is -3.84. The van der Waals surface area contributed by atoms with E-state index in [1.54, 1.807) is 19.1 Å². The zero-order chi connectivity index (χ0) is 14.9. The van der Waals surface area contributed by atoms with Crippen molar-refractivity contribution in [3.63, 3.8) is 0 Å². The van der Waals surface area contributed by atoms with E-state index in [0.717, 1.165) is 0 Å². The van der Waals surface area contributed by atoms with Crippen molar-refractivity contribution in [3.05, 3.63) is 44.7 Å². The van der Waals surface area contributed by atoms with E-state index in [2.05, 4.69) is 9.71 Å². The third kappa shape index (κ3) is 2.74. The predicted octanol–water partition coefficient (Wildman–Crippen LogP) is 1.73. The van der Waals surface area contributed by atoms with E-state index >= 15 is 0 Å². The molecular formula is C12H11N3O3S2. The van der Waals surface area contributed by atoms with Gasteiger partial charge in [-0.2, -0.15) is 5.26 Å². The van der Waals surface area contributed by atoms with E-state index < -0.39 is 14.9 Å². The van der Waals surface area contributed by atoms with Gasteiger partial charge in [0.1, 0.15) is 0 Å². The molecule has 20 heavy (non-hydrogen) atoms. The molecule has 0 spiro atoms. The topological polar surface area (TPSA) is 103 Å². The molecular weight excluding hydrogens is 298 g/mol. The molecule has 2 N–H and O–H groups in total. The Kier molecular flexibility index (Phi) is 3.65. The number of hydrogen-bond acceptors (Lipinski definition) is 5. The molecule has 0 unspecified atom stereocenters. The summed E-state index contributed by atoms with van der Waals surface area (Å²) in [5.41, 5.74) is 1.66. The summed E-state index contributed by atoms with van der Waals surface area (Å²) in [6, 6.07) is 6.66. The summed E-state index contributed by atoms with van der Waals surface area (Å²) < 4.78 is 26.8. The Morgan fingerprint density at radius 2 is 2.05 bits per heavy atom. The van der Waals surface area contributed by atoms with Crippen molar-refractivity contribution in [2.24, 2.45) is 0 Å². The zero-order valence-corrected chi connectivity index (χ0v) is 12.4. The predicted molar refractivity (Wildman–Crippen MR) is 76.4 cm³/mol. The average Bonchev–Trinajstić information content (AvgIpc) is 2.72. The number of sulfonamides is 1. The SMILES string of the molecule is Cc1ccc(C#N)cc1NS(=O)(=O)c1sc(=O)[nH]c1C. The molecule has 0 bridgehead atoms. The molecule has 2 aromatic rings. The Morgan fingerprint density at radius 3 is 2.60 bits per heavy atom. The highest BCUT2D eigenvalue weighted by atomic mass is 32.2. The van der Waals surface area contributed by atoms with Crippen molar-refractivity contribution in [2.75, 3.05) is 4.72 Å². The second-order valence-corrected chi connectivity index (χ2v) is 7.03. The van der Waals surface area contributed by atoms with Crippen LogP contribution < -0.4 is 9.60 Å². The number of thiazole rings is 1. The maximum atomic E-state index is 12.2. The van der Waals surface area contributed by atoms with Gasteiger partial charge in [-0.25, -0.2) is 8.42 Å². The molecule has 0 radical (unpaired) electrons. The van der Waals surface area contributed by atoms with Gasteiger partial charge in [-0.15, -0.1) is 0 Å². The standard InChI is InChI=1S/C12H11N3O3S2/c1-7-3-4-9(6-13)5-10(7)15-20(17,18)11-8(2)14-12(16)19-11/h3-5,15H,1-2H3,(H,14,16). The molecule has 0 saturated carbocycles. The lowest BCUT2D eigenvalue weighted by molar-refractivity contribution is 0.602. The molecule has 0 amide bonds. The van der Waals surface area contributed by atoms with Gasteiger partial charge in [0, 0.05) is 5.69 Å². The monoisotopic (exact) mass is 309 g/mol. The number of aromatic amines is 1. The summed E-state index contributed by atoms with van der Waals surface area (Å²) in [6.07, 6.45) is 0. The molecule has 0 aliphatic rings. The van der Waals surface area contributed by atoms with E-state index in [0.29, 0.717) is 33.8 Å². The molecule has 0 atom stereocenters. The Balaban J connectivity index is 2.46. The van der Waals surface area contributed by atoms with Gasteiger partial charge in [-0.05, 0) is 31.5 Å². The van der Waals surface area contributed by atoms with Crippen LogP contribution in [0.15, 0.2) is 27.2 Å². The zero-order valence-electron chi connectivity index (χ0n) is 10.7. The first-order chi connectivity index (χ1) is 9.33. The fraction of sp³-hybridized carbons (Fsp3) is 0.167. The van der Waals surface area contributed by atoms with Crippen LogP contribution in [0.4, 0.5) is 5.69 Å². The van der Waals surface area contributed by atoms with Crippen LogP contribution in [0.5, 0.6) is 0 Å². The smallest absolute Gasteiger partial charge is 0.306 e. The van der Waals surface area contributed by atoms with Crippen LogP contribution in [0, 0.1) is 25.2 Å².